The lowest BCUT2D eigenvalue weighted by molar-refractivity contribution is 0.0952. The van der Waals surface area contributed by atoms with Crippen molar-refractivity contribution in [3.63, 3.8) is 0 Å². The SMILES string of the molecule is Cc1c(-c2ccccc2)oc2c(C(=O)Nc3ccccc3C(=O)NC3CC3)cccc2c1=O. The van der Waals surface area contributed by atoms with E-state index in [4.69, 9.17) is 4.42 Å². The van der Waals surface area contributed by atoms with Crippen molar-refractivity contribution in [1.82, 2.24) is 5.32 Å². The van der Waals surface area contributed by atoms with Crippen LogP contribution in [0.1, 0.15) is 39.1 Å². The van der Waals surface area contributed by atoms with E-state index in [0.29, 0.717) is 28.0 Å². The highest BCUT2D eigenvalue weighted by molar-refractivity contribution is 6.13. The van der Waals surface area contributed by atoms with Gasteiger partial charge in [-0.25, -0.2) is 0 Å². The number of rotatable bonds is 5. The molecule has 0 saturated heterocycles. The van der Waals surface area contributed by atoms with Gasteiger partial charge in [-0.3, -0.25) is 14.4 Å². The fourth-order valence-electron chi connectivity index (χ4n) is 3.82. The lowest BCUT2D eigenvalue weighted by Crippen LogP contribution is -2.27. The Morgan fingerprint density at radius 1 is 0.848 bits per heavy atom. The normalized spacial score (nSPS) is 13.0. The predicted octanol–water partition coefficient (Wildman–Crippen LogP) is 4.91. The molecule has 0 aliphatic heterocycles. The van der Waals surface area contributed by atoms with Gasteiger partial charge in [0.2, 0.25) is 0 Å². The molecular weight excluding hydrogens is 416 g/mol. The van der Waals surface area contributed by atoms with Crippen LogP contribution in [-0.2, 0) is 0 Å². The number of hydrogen-bond acceptors (Lipinski definition) is 4. The molecule has 164 valence electrons. The van der Waals surface area contributed by atoms with Crippen LogP contribution < -0.4 is 16.1 Å². The van der Waals surface area contributed by atoms with Crippen molar-refractivity contribution in [2.24, 2.45) is 0 Å². The molecule has 0 radical (unpaired) electrons. The minimum atomic E-state index is -0.460. The van der Waals surface area contributed by atoms with E-state index in [1.54, 1.807) is 49.4 Å². The largest absolute Gasteiger partial charge is 0.455 e. The van der Waals surface area contributed by atoms with E-state index >= 15 is 0 Å². The molecule has 1 heterocycles. The predicted molar refractivity (Wildman–Crippen MR) is 128 cm³/mol. The van der Waals surface area contributed by atoms with Crippen molar-refractivity contribution in [3.8, 4) is 11.3 Å². The van der Waals surface area contributed by atoms with Gasteiger partial charge in [-0.15, -0.1) is 0 Å². The van der Waals surface area contributed by atoms with E-state index < -0.39 is 5.91 Å². The summed E-state index contributed by atoms with van der Waals surface area (Å²) in [6, 6.07) is 21.3. The van der Waals surface area contributed by atoms with Crippen LogP contribution in [0.4, 0.5) is 5.69 Å². The van der Waals surface area contributed by atoms with Gasteiger partial charge < -0.3 is 15.1 Å². The number of hydrogen-bond donors (Lipinski definition) is 2. The van der Waals surface area contributed by atoms with Gasteiger partial charge in [0.25, 0.3) is 11.8 Å². The van der Waals surface area contributed by atoms with E-state index in [1.165, 1.54) is 0 Å². The zero-order chi connectivity index (χ0) is 22.9. The number of para-hydroxylation sites is 2. The number of carbonyl (C=O) groups excluding carboxylic acids is 2. The molecule has 1 aromatic heterocycles. The molecule has 1 saturated carbocycles. The minimum Gasteiger partial charge on any atom is -0.455 e. The fraction of sp³-hybridized carbons (Fsp3) is 0.148. The topological polar surface area (TPSA) is 88.4 Å². The standard InChI is InChI=1S/C27H22N2O4/c1-16-23(30)20-11-7-12-21(25(20)33-24(16)17-8-3-2-4-9-17)27(32)29-22-13-6-5-10-19(22)26(31)28-18-14-15-18/h2-13,18H,14-15H2,1H3,(H,28,31)(H,29,32). The van der Waals surface area contributed by atoms with E-state index in [1.807, 2.05) is 30.3 Å². The van der Waals surface area contributed by atoms with E-state index in [-0.39, 0.29) is 28.5 Å². The van der Waals surface area contributed by atoms with Crippen LogP contribution in [0.2, 0.25) is 0 Å². The van der Waals surface area contributed by atoms with Gasteiger partial charge in [-0.1, -0.05) is 48.5 Å². The van der Waals surface area contributed by atoms with Gasteiger partial charge in [-0.05, 0) is 44.0 Å². The average Bonchev–Trinajstić information content (AvgIpc) is 3.66. The van der Waals surface area contributed by atoms with E-state index in [9.17, 15) is 14.4 Å². The third-order valence-corrected chi connectivity index (χ3v) is 5.76. The maximum absolute atomic E-state index is 13.3. The van der Waals surface area contributed by atoms with E-state index in [2.05, 4.69) is 10.6 Å². The van der Waals surface area contributed by atoms with E-state index in [0.717, 1.165) is 18.4 Å². The summed E-state index contributed by atoms with van der Waals surface area (Å²) in [6.45, 7) is 1.72. The molecular formula is C27H22N2O4. The molecule has 0 unspecified atom stereocenters. The molecule has 6 nitrogen and oxygen atoms in total. The van der Waals surface area contributed by atoms with Gasteiger partial charge in [0, 0.05) is 17.2 Å². The smallest absolute Gasteiger partial charge is 0.259 e. The quantitative estimate of drug-likeness (QED) is 0.463. The highest BCUT2D eigenvalue weighted by Crippen LogP contribution is 2.28. The summed E-state index contributed by atoms with van der Waals surface area (Å²) in [6.07, 6.45) is 1.94. The summed E-state index contributed by atoms with van der Waals surface area (Å²) < 4.78 is 6.15. The summed E-state index contributed by atoms with van der Waals surface area (Å²) in [5.41, 5.74) is 2.27. The summed E-state index contributed by atoms with van der Waals surface area (Å²) in [5, 5.41) is 6.10. The number of anilines is 1. The Labute approximate surface area is 190 Å². The molecule has 33 heavy (non-hydrogen) atoms. The molecule has 3 aromatic carbocycles. The van der Waals surface area contributed by atoms with Crippen molar-refractivity contribution < 1.29 is 14.0 Å². The average molecular weight is 438 g/mol. The van der Waals surface area contributed by atoms with Gasteiger partial charge >= 0.3 is 0 Å². The minimum absolute atomic E-state index is 0.186. The first-order valence-electron chi connectivity index (χ1n) is 10.9. The molecule has 1 aliphatic rings. The maximum atomic E-state index is 13.3. The Kier molecular flexibility index (Phi) is 5.26. The highest BCUT2D eigenvalue weighted by Gasteiger charge is 2.25. The van der Waals surface area contributed by atoms with Gasteiger partial charge in [-0.2, -0.15) is 0 Å². The van der Waals surface area contributed by atoms with Crippen molar-refractivity contribution in [2.45, 2.75) is 25.8 Å². The first-order valence-corrected chi connectivity index (χ1v) is 10.9. The number of carbonyl (C=O) groups is 2. The first kappa shape index (κ1) is 20.7. The second-order valence-corrected chi connectivity index (χ2v) is 8.18. The molecule has 2 N–H and O–H groups in total. The molecule has 1 fully saturated rings. The summed E-state index contributed by atoms with van der Waals surface area (Å²) >= 11 is 0. The van der Waals surface area contributed by atoms with Crippen LogP contribution in [-0.4, -0.2) is 17.9 Å². The Balaban J connectivity index is 1.56. The second-order valence-electron chi connectivity index (χ2n) is 8.18. The zero-order valence-electron chi connectivity index (χ0n) is 18.1. The van der Waals surface area contributed by atoms with Gasteiger partial charge in [0.15, 0.2) is 11.0 Å². The molecule has 5 rings (SSSR count). The number of fused-ring (bicyclic) bond motifs is 1. The molecule has 0 bridgehead atoms. The summed E-state index contributed by atoms with van der Waals surface area (Å²) in [4.78, 5) is 38.9. The second kappa shape index (κ2) is 8.39. The van der Waals surface area contributed by atoms with Crippen LogP contribution in [0, 0.1) is 6.92 Å². The lowest BCUT2D eigenvalue weighted by atomic mass is 10.0. The highest BCUT2D eigenvalue weighted by atomic mass is 16.3. The van der Waals surface area contributed by atoms with Crippen molar-refractivity contribution in [1.29, 1.82) is 0 Å². The van der Waals surface area contributed by atoms with Crippen LogP contribution in [0.3, 0.4) is 0 Å². The van der Waals surface area contributed by atoms with Crippen molar-refractivity contribution in [2.75, 3.05) is 5.32 Å². The Hall–Kier alpha value is -4.19. The van der Waals surface area contributed by atoms with Gasteiger partial charge in [0.05, 0.1) is 22.2 Å². The van der Waals surface area contributed by atoms with Crippen LogP contribution in [0.25, 0.3) is 22.3 Å². The van der Waals surface area contributed by atoms with Crippen molar-refractivity contribution >= 4 is 28.5 Å². The number of nitrogens with one attached hydrogen (secondary N) is 2. The Bertz CT molecular complexity index is 1440. The van der Waals surface area contributed by atoms with Crippen LogP contribution in [0.5, 0.6) is 0 Å². The molecule has 2 amide bonds. The molecule has 6 heteroatoms. The molecule has 0 atom stereocenters. The number of benzene rings is 3. The maximum Gasteiger partial charge on any atom is 0.259 e. The first-order chi connectivity index (χ1) is 16.0. The molecule has 0 spiro atoms. The van der Waals surface area contributed by atoms with Crippen LogP contribution in [0.15, 0.2) is 82.0 Å². The summed E-state index contributed by atoms with van der Waals surface area (Å²) in [7, 11) is 0. The third kappa shape index (κ3) is 4.03. The summed E-state index contributed by atoms with van der Waals surface area (Å²) in [5.74, 6) is -0.254. The fourth-order valence-corrected chi connectivity index (χ4v) is 3.82. The molecule has 4 aromatic rings. The third-order valence-electron chi connectivity index (χ3n) is 5.76. The number of amides is 2. The van der Waals surface area contributed by atoms with Gasteiger partial charge in [0.1, 0.15) is 5.76 Å². The molecule has 1 aliphatic carbocycles. The van der Waals surface area contributed by atoms with Crippen molar-refractivity contribution in [3.05, 3.63) is 99.7 Å². The van der Waals surface area contributed by atoms with Crippen LogP contribution >= 0.6 is 0 Å². The monoisotopic (exact) mass is 438 g/mol. The Morgan fingerprint density at radius 3 is 2.30 bits per heavy atom. The zero-order valence-corrected chi connectivity index (χ0v) is 18.1. The Morgan fingerprint density at radius 2 is 1.55 bits per heavy atom. The lowest BCUT2D eigenvalue weighted by Gasteiger charge is -2.13.